The number of phenolic OH excluding ortho intramolecular Hbond substituents is 1. The molecule has 0 aliphatic rings. The second-order valence-electron chi connectivity index (χ2n) is 5.97. The monoisotopic (exact) mass is 446 g/mol. The third kappa shape index (κ3) is 3.52. The molecule has 0 unspecified atom stereocenters. The molecule has 3 N–H and O–H groups in total. The van der Waals surface area contributed by atoms with Gasteiger partial charge >= 0.3 is 0 Å². The Kier molecular flexibility index (Phi) is 5.12. The summed E-state index contributed by atoms with van der Waals surface area (Å²) in [5.41, 5.74) is 0.674. The summed E-state index contributed by atoms with van der Waals surface area (Å²) in [6.07, 6.45) is 0. The van der Waals surface area contributed by atoms with E-state index in [1.165, 1.54) is 11.3 Å². The molecule has 0 spiro atoms. The summed E-state index contributed by atoms with van der Waals surface area (Å²) in [5, 5.41) is 19.0. The Bertz CT molecular complexity index is 1250. The third-order valence-corrected chi connectivity index (χ3v) is 6.27. The highest BCUT2D eigenvalue weighted by atomic mass is 35.5. The van der Waals surface area contributed by atoms with Gasteiger partial charge in [0.25, 0.3) is 5.91 Å². The van der Waals surface area contributed by atoms with E-state index in [1.54, 1.807) is 42.5 Å². The van der Waals surface area contributed by atoms with Crippen LogP contribution in [0, 0.1) is 0 Å². The molecule has 4 aromatic rings. The number of fused-ring (bicyclic) bond motifs is 2. The first-order valence-corrected chi connectivity index (χ1v) is 10.1. The number of carbonyl (C=O) groups excluding carboxylic acids is 1. The van der Waals surface area contributed by atoms with Crippen LogP contribution in [0.25, 0.3) is 20.9 Å². The number of rotatable bonds is 2. The van der Waals surface area contributed by atoms with Gasteiger partial charge in [0.2, 0.25) is 0 Å². The van der Waals surface area contributed by atoms with Gasteiger partial charge in [-0.2, -0.15) is 0 Å². The number of phenols is 1. The number of thiocarbonyl (C=S) groups is 1. The minimum Gasteiger partial charge on any atom is -0.507 e. The van der Waals surface area contributed by atoms with E-state index < -0.39 is 5.91 Å². The van der Waals surface area contributed by atoms with Gasteiger partial charge in [-0.3, -0.25) is 10.1 Å². The molecule has 8 heteroatoms. The predicted octanol–water partition coefficient (Wildman–Crippen LogP) is 6.19. The maximum atomic E-state index is 12.7. The summed E-state index contributed by atoms with van der Waals surface area (Å²) in [5.74, 6) is -0.227. The molecule has 4 rings (SSSR count). The Balaban J connectivity index is 1.57. The van der Waals surface area contributed by atoms with Gasteiger partial charge < -0.3 is 10.4 Å². The second-order valence-corrected chi connectivity index (χ2v) is 8.25. The van der Waals surface area contributed by atoms with E-state index in [0.29, 0.717) is 26.0 Å². The number of aromatic hydroxyl groups is 1. The van der Waals surface area contributed by atoms with Crippen LogP contribution >= 0.6 is 46.8 Å². The third-order valence-electron chi connectivity index (χ3n) is 4.17. The maximum absolute atomic E-state index is 12.7. The van der Waals surface area contributed by atoms with Gasteiger partial charge in [-0.15, -0.1) is 11.3 Å². The van der Waals surface area contributed by atoms with Crippen LogP contribution in [-0.2, 0) is 0 Å². The number of halogens is 2. The Hall–Kier alpha value is -2.38. The van der Waals surface area contributed by atoms with Crippen molar-refractivity contribution >= 4 is 84.3 Å². The molecule has 4 nitrogen and oxygen atoms in total. The fraction of sp³-hybridized carbons (Fsp3) is 0. The zero-order valence-electron chi connectivity index (χ0n) is 14.1. The Morgan fingerprint density at radius 2 is 1.75 bits per heavy atom. The van der Waals surface area contributed by atoms with Crippen LogP contribution in [0.3, 0.4) is 0 Å². The zero-order valence-corrected chi connectivity index (χ0v) is 17.3. The molecule has 0 bridgehead atoms. The molecule has 1 heterocycles. The number of hydrogen-bond donors (Lipinski definition) is 3. The van der Waals surface area contributed by atoms with Crippen molar-refractivity contribution in [2.24, 2.45) is 0 Å². The number of carbonyl (C=O) groups is 1. The summed E-state index contributed by atoms with van der Waals surface area (Å²) in [6.45, 7) is 0. The molecule has 0 aliphatic carbocycles. The van der Waals surface area contributed by atoms with Gasteiger partial charge in [0.15, 0.2) is 5.11 Å². The van der Waals surface area contributed by atoms with E-state index in [2.05, 4.69) is 10.6 Å². The molecule has 1 amide bonds. The predicted molar refractivity (Wildman–Crippen MR) is 121 cm³/mol. The van der Waals surface area contributed by atoms with E-state index in [9.17, 15) is 9.90 Å². The van der Waals surface area contributed by atoms with Crippen molar-refractivity contribution in [3.63, 3.8) is 0 Å². The summed E-state index contributed by atoms with van der Waals surface area (Å²) < 4.78 is 0.825. The van der Waals surface area contributed by atoms with Crippen LogP contribution in [0.5, 0.6) is 5.75 Å². The molecule has 0 fully saturated rings. The topological polar surface area (TPSA) is 61.4 Å². The lowest BCUT2D eigenvalue weighted by Gasteiger charge is -2.12. The fourth-order valence-corrected chi connectivity index (χ4v) is 4.79. The lowest BCUT2D eigenvalue weighted by Crippen LogP contribution is -2.33. The van der Waals surface area contributed by atoms with Crippen LogP contribution in [0.2, 0.25) is 10.0 Å². The van der Waals surface area contributed by atoms with Gasteiger partial charge in [0.1, 0.15) is 10.6 Å². The number of amides is 1. The lowest BCUT2D eigenvalue weighted by atomic mass is 10.1. The van der Waals surface area contributed by atoms with Crippen molar-refractivity contribution in [3.05, 3.63) is 69.5 Å². The van der Waals surface area contributed by atoms with E-state index in [4.69, 9.17) is 35.4 Å². The minimum atomic E-state index is -0.400. The van der Waals surface area contributed by atoms with Crippen molar-refractivity contribution < 1.29 is 9.90 Å². The molecule has 140 valence electrons. The molecule has 0 saturated carbocycles. The number of hydrogen-bond acceptors (Lipinski definition) is 4. The van der Waals surface area contributed by atoms with Gasteiger partial charge in [0.05, 0.1) is 5.02 Å². The second kappa shape index (κ2) is 7.56. The molecule has 0 atom stereocenters. The van der Waals surface area contributed by atoms with Crippen LogP contribution in [-0.4, -0.2) is 16.1 Å². The van der Waals surface area contributed by atoms with Crippen LogP contribution < -0.4 is 10.6 Å². The van der Waals surface area contributed by atoms with Gasteiger partial charge in [-0.1, -0.05) is 53.5 Å². The van der Waals surface area contributed by atoms with Crippen molar-refractivity contribution in [2.75, 3.05) is 5.32 Å². The summed E-state index contributed by atoms with van der Waals surface area (Å²) in [6, 6.07) is 15.9. The normalized spacial score (nSPS) is 10.9. The van der Waals surface area contributed by atoms with Crippen molar-refractivity contribution in [2.45, 2.75) is 0 Å². The first kappa shape index (κ1) is 19.0. The Labute approximate surface area is 179 Å². The smallest absolute Gasteiger partial charge is 0.269 e. The van der Waals surface area contributed by atoms with Crippen LogP contribution in [0.1, 0.15) is 9.67 Å². The van der Waals surface area contributed by atoms with Gasteiger partial charge in [-0.05, 0) is 36.5 Å². The van der Waals surface area contributed by atoms with E-state index in [0.717, 1.165) is 15.5 Å². The number of thiophene rings is 1. The number of nitrogens with one attached hydrogen (secondary N) is 2. The molecular weight excluding hydrogens is 435 g/mol. The molecule has 0 aliphatic heterocycles. The van der Waals surface area contributed by atoms with E-state index >= 15 is 0 Å². The Morgan fingerprint density at radius 1 is 1.00 bits per heavy atom. The highest BCUT2D eigenvalue weighted by Gasteiger charge is 2.18. The largest absolute Gasteiger partial charge is 0.507 e. The Morgan fingerprint density at radius 3 is 2.57 bits per heavy atom. The van der Waals surface area contributed by atoms with Crippen LogP contribution in [0.15, 0.2) is 54.6 Å². The average molecular weight is 447 g/mol. The molecular formula is C20H12Cl2N2O2S2. The highest BCUT2D eigenvalue weighted by Crippen LogP contribution is 2.36. The minimum absolute atomic E-state index is 0.132. The van der Waals surface area contributed by atoms with Crippen LogP contribution in [0.4, 0.5) is 5.69 Å². The summed E-state index contributed by atoms with van der Waals surface area (Å²) >= 11 is 18.9. The van der Waals surface area contributed by atoms with Gasteiger partial charge in [-0.25, -0.2) is 0 Å². The molecule has 1 aromatic heterocycles. The van der Waals surface area contributed by atoms with Gasteiger partial charge in [0, 0.05) is 31.6 Å². The van der Waals surface area contributed by atoms with E-state index in [-0.39, 0.29) is 10.9 Å². The number of benzene rings is 3. The first-order valence-electron chi connectivity index (χ1n) is 8.14. The molecule has 0 radical (unpaired) electrons. The zero-order chi connectivity index (χ0) is 19.8. The number of anilines is 1. The lowest BCUT2D eigenvalue weighted by molar-refractivity contribution is 0.0982. The molecule has 3 aromatic carbocycles. The highest BCUT2D eigenvalue weighted by molar-refractivity contribution is 7.80. The average Bonchev–Trinajstić information content (AvgIpc) is 2.98. The summed E-state index contributed by atoms with van der Waals surface area (Å²) in [4.78, 5) is 13.0. The quantitative estimate of drug-likeness (QED) is 0.321. The molecule has 28 heavy (non-hydrogen) atoms. The maximum Gasteiger partial charge on any atom is 0.269 e. The first-order chi connectivity index (χ1) is 13.4. The van der Waals surface area contributed by atoms with Crippen molar-refractivity contribution in [1.82, 2.24) is 5.32 Å². The fourth-order valence-electron chi connectivity index (χ4n) is 2.90. The SMILES string of the molecule is O=C(NC(=S)Nc1cccc2c(O)cccc12)c1sc2cc(Cl)ccc2c1Cl. The van der Waals surface area contributed by atoms with E-state index in [1.807, 2.05) is 12.1 Å². The standard InChI is InChI=1S/C20H12Cl2N2O2S2/c21-10-7-8-13-16(9-10)28-18(17(13)22)19(26)24-20(27)23-14-5-1-4-12-11(14)3-2-6-15(12)25/h1-9,25H,(H2,23,24,26,27). The summed E-state index contributed by atoms with van der Waals surface area (Å²) in [7, 11) is 0. The van der Waals surface area contributed by atoms with Crippen molar-refractivity contribution in [3.8, 4) is 5.75 Å². The van der Waals surface area contributed by atoms with Crippen molar-refractivity contribution in [1.29, 1.82) is 0 Å². The molecule has 0 saturated heterocycles.